The first-order chi connectivity index (χ1) is 10.2. The Hall–Kier alpha value is -2.04. The Bertz CT molecular complexity index is 708. The van der Waals surface area contributed by atoms with E-state index in [0.717, 1.165) is 6.54 Å². The van der Waals surface area contributed by atoms with Crippen molar-refractivity contribution in [1.29, 1.82) is 0 Å². The van der Waals surface area contributed by atoms with Gasteiger partial charge in [-0.3, -0.25) is 9.59 Å². The lowest BCUT2D eigenvalue weighted by atomic mass is 9.89. The van der Waals surface area contributed by atoms with Crippen LogP contribution < -0.4 is 10.9 Å². The molecule has 3 rings (SSSR count). The molecule has 5 heteroatoms. The van der Waals surface area contributed by atoms with Crippen molar-refractivity contribution in [2.45, 2.75) is 32.1 Å². The Morgan fingerprint density at radius 2 is 2.14 bits per heavy atom. The molecule has 1 amide bonds. The number of fused-ring (bicyclic) bond motifs is 1. The molecule has 0 bridgehead atoms. The molecule has 1 saturated carbocycles. The van der Waals surface area contributed by atoms with Crippen molar-refractivity contribution in [2.75, 3.05) is 6.54 Å². The summed E-state index contributed by atoms with van der Waals surface area (Å²) in [4.78, 5) is 27.3. The van der Waals surface area contributed by atoms with Gasteiger partial charge in [-0.1, -0.05) is 19.3 Å². The van der Waals surface area contributed by atoms with Crippen LogP contribution in [0.3, 0.4) is 0 Å². The minimum Gasteiger partial charge on any atom is -0.357 e. The summed E-state index contributed by atoms with van der Waals surface area (Å²) in [6.07, 6.45) is 9.57. The number of carbonyl (C=O) groups is 1. The maximum atomic E-state index is 12.4. The molecule has 0 saturated heterocycles. The highest BCUT2D eigenvalue weighted by Crippen LogP contribution is 2.23. The van der Waals surface area contributed by atoms with Crippen molar-refractivity contribution in [1.82, 2.24) is 14.9 Å². The van der Waals surface area contributed by atoms with Gasteiger partial charge in [0.05, 0.1) is 5.56 Å². The summed E-state index contributed by atoms with van der Waals surface area (Å²) in [5.74, 6) is 0.498. The minimum absolute atomic E-state index is 0.0965. The smallest absolute Gasteiger partial charge is 0.274 e. The van der Waals surface area contributed by atoms with Crippen LogP contribution in [0, 0.1) is 5.92 Å². The predicted octanol–water partition coefficient (Wildman–Crippen LogP) is 2.18. The van der Waals surface area contributed by atoms with Crippen LogP contribution in [0.1, 0.15) is 42.5 Å². The van der Waals surface area contributed by atoms with Gasteiger partial charge in [-0.25, -0.2) is 0 Å². The number of amides is 1. The number of pyridine rings is 1. The third-order valence-corrected chi connectivity index (χ3v) is 4.41. The van der Waals surface area contributed by atoms with Crippen LogP contribution in [-0.2, 0) is 7.05 Å². The van der Waals surface area contributed by atoms with Crippen molar-refractivity contribution in [3.05, 3.63) is 34.4 Å². The number of nitrogens with one attached hydrogen (secondary N) is 2. The number of rotatable bonds is 3. The molecule has 2 aromatic heterocycles. The second-order valence-electron chi connectivity index (χ2n) is 5.94. The molecule has 112 valence electrons. The second kappa shape index (κ2) is 5.76. The topological polar surface area (TPSA) is 66.9 Å². The monoisotopic (exact) mass is 287 g/mol. The molecular formula is C16H21N3O2. The standard InChI is InChI=1S/C16H21N3O2/c1-19-10-13(12-7-8-17-14(12)16(19)21)15(20)18-9-11-5-3-2-4-6-11/h7-8,10-11,17H,2-6,9H2,1H3,(H,18,20). The van der Waals surface area contributed by atoms with Crippen LogP contribution in [0.25, 0.3) is 10.9 Å². The zero-order valence-electron chi connectivity index (χ0n) is 12.3. The van der Waals surface area contributed by atoms with E-state index in [1.165, 1.54) is 36.7 Å². The SMILES string of the molecule is Cn1cc(C(=O)NCC2CCCCC2)c2cc[nH]c2c1=O. The number of aromatic amines is 1. The largest absolute Gasteiger partial charge is 0.357 e. The van der Waals surface area contributed by atoms with Gasteiger partial charge in [0.1, 0.15) is 5.52 Å². The van der Waals surface area contributed by atoms with Gasteiger partial charge in [0.25, 0.3) is 11.5 Å². The van der Waals surface area contributed by atoms with E-state index in [2.05, 4.69) is 10.3 Å². The third-order valence-electron chi connectivity index (χ3n) is 4.41. The molecule has 0 atom stereocenters. The highest BCUT2D eigenvalue weighted by Gasteiger charge is 2.17. The van der Waals surface area contributed by atoms with E-state index >= 15 is 0 Å². The number of hydrogen-bond acceptors (Lipinski definition) is 2. The van der Waals surface area contributed by atoms with Gasteiger partial charge in [-0.2, -0.15) is 0 Å². The van der Waals surface area contributed by atoms with E-state index in [0.29, 0.717) is 22.4 Å². The number of carbonyl (C=O) groups excluding carboxylic acids is 1. The van der Waals surface area contributed by atoms with Gasteiger partial charge in [-0.05, 0) is 24.8 Å². The molecule has 0 radical (unpaired) electrons. The van der Waals surface area contributed by atoms with Gasteiger partial charge in [0.15, 0.2) is 0 Å². The van der Waals surface area contributed by atoms with Crippen molar-refractivity contribution in [2.24, 2.45) is 13.0 Å². The number of aromatic nitrogens is 2. The number of aryl methyl sites for hydroxylation is 1. The van der Waals surface area contributed by atoms with Crippen molar-refractivity contribution in [3.63, 3.8) is 0 Å². The van der Waals surface area contributed by atoms with Gasteiger partial charge in [0, 0.05) is 31.4 Å². The summed E-state index contributed by atoms with van der Waals surface area (Å²) < 4.78 is 1.45. The fourth-order valence-corrected chi connectivity index (χ4v) is 3.17. The highest BCUT2D eigenvalue weighted by atomic mass is 16.2. The fourth-order valence-electron chi connectivity index (χ4n) is 3.17. The van der Waals surface area contributed by atoms with E-state index in [4.69, 9.17) is 0 Å². The molecular weight excluding hydrogens is 266 g/mol. The van der Waals surface area contributed by atoms with Crippen LogP contribution >= 0.6 is 0 Å². The Morgan fingerprint density at radius 3 is 2.90 bits per heavy atom. The van der Waals surface area contributed by atoms with Crippen LogP contribution in [0.4, 0.5) is 0 Å². The number of hydrogen-bond donors (Lipinski definition) is 2. The molecule has 2 heterocycles. The Labute approximate surface area is 123 Å². The second-order valence-corrected chi connectivity index (χ2v) is 5.94. The Morgan fingerprint density at radius 1 is 1.38 bits per heavy atom. The summed E-state index contributed by atoms with van der Waals surface area (Å²) in [6, 6.07) is 1.78. The molecule has 2 aromatic rings. The van der Waals surface area contributed by atoms with Crippen LogP contribution in [0.15, 0.2) is 23.3 Å². The zero-order chi connectivity index (χ0) is 14.8. The van der Waals surface area contributed by atoms with Crippen LogP contribution in [0.2, 0.25) is 0 Å². The summed E-state index contributed by atoms with van der Waals surface area (Å²) in [5.41, 5.74) is 0.936. The van der Waals surface area contributed by atoms with E-state index in [-0.39, 0.29) is 11.5 Å². The van der Waals surface area contributed by atoms with E-state index in [1.807, 2.05) is 0 Å². The number of H-pyrrole nitrogens is 1. The first kappa shape index (κ1) is 13.9. The molecule has 0 unspecified atom stereocenters. The zero-order valence-corrected chi connectivity index (χ0v) is 12.3. The Balaban J connectivity index is 1.79. The highest BCUT2D eigenvalue weighted by molar-refractivity contribution is 6.05. The fraction of sp³-hybridized carbons (Fsp3) is 0.500. The molecule has 0 aliphatic heterocycles. The average molecular weight is 287 g/mol. The van der Waals surface area contributed by atoms with Crippen LogP contribution in [-0.4, -0.2) is 22.0 Å². The lowest BCUT2D eigenvalue weighted by Gasteiger charge is -2.21. The lowest BCUT2D eigenvalue weighted by molar-refractivity contribution is 0.0944. The van der Waals surface area contributed by atoms with Gasteiger partial charge < -0.3 is 14.9 Å². The first-order valence-electron chi connectivity index (χ1n) is 7.61. The molecule has 0 aromatic carbocycles. The van der Waals surface area contributed by atoms with Gasteiger partial charge in [-0.15, -0.1) is 0 Å². The first-order valence-corrected chi connectivity index (χ1v) is 7.61. The molecule has 2 N–H and O–H groups in total. The Kier molecular flexibility index (Phi) is 3.82. The molecule has 5 nitrogen and oxygen atoms in total. The van der Waals surface area contributed by atoms with Gasteiger partial charge in [0.2, 0.25) is 0 Å². The molecule has 1 aliphatic carbocycles. The quantitative estimate of drug-likeness (QED) is 0.908. The van der Waals surface area contributed by atoms with Crippen LogP contribution in [0.5, 0.6) is 0 Å². The lowest BCUT2D eigenvalue weighted by Crippen LogP contribution is -2.31. The molecule has 1 fully saturated rings. The third kappa shape index (κ3) is 2.73. The van der Waals surface area contributed by atoms with Crippen molar-refractivity contribution >= 4 is 16.8 Å². The van der Waals surface area contributed by atoms with E-state index in [9.17, 15) is 9.59 Å². The normalized spacial score (nSPS) is 16.2. The van der Waals surface area contributed by atoms with E-state index < -0.39 is 0 Å². The minimum atomic E-state index is -0.112. The summed E-state index contributed by atoms with van der Waals surface area (Å²) in [6.45, 7) is 0.730. The van der Waals surface area contributed by atoms with E-state index in [1.54, 1.807) is 25.5 Å². The maximum absolute atomic E-state index is 12.4. The van der Waals surface area contributed by atoms with Crippen molar-refractivity contribution < 1.29 is 4.79 Å². The predicted molar refractivity (Wildman–Crippen MR) is 82.4 cm³/mol. The summed E-state index contributed by atoms with van der Waals surface area (Å²) >= 11 is 0. The molecule has 1 aliphatic rings. The molecule has 21 heavy (non-hydrogen) atoms. The maximum Gasteiger partial charge on any atom is 0.274 e. The van der Waals surface area contributed by atoms with Gasteiger partial charge >= 0.3 is 0 Å². The average Bonchev–Trinajstić information content (AvgIpc) is 2.99. The summed E-state index contributed by atoms with van der Waals surface area (Å²) in [7, 11) is 1.67. The van der Waals surface area contributed by atoms with Crippen molar-refractivity contribution in [3.8, 4) is 0 Å². The number of nitrogens with zero attached hydrogens (tertiary/aromatic N) is 1. The summed E-state index contributed by atoms with van der Waals surface area (Å²) in [5, 5.41) is 3.72. The molecule has 0 spiro atoms.